The van der Waals surface area contributed by atoms with E-state index >= 15 is 0 Å². The van der Waals surface area contributed by atoms with E-state index in [4.69, 9.17) is 10.5 Å². The van der Waals surface area contributed by atoms with E-state index in [0.717, 1.165) is 26.0 Å². The molecule has 0 spiro atoms. The molecule has 2 aliphatic rings. The lowest BCUT2D eigenvalue weighted by Gasteiger charge is -2.62. The van der Waals surface area contributed by atoms with Gasteiger partial charge in [0.2, 0.25) is 0 Å². The summed E-state index contributed by atoms with van der Waals surface area (Å²) in [6.07, 6.45) is 2.67. The van der Waals surface area contributed by atoms with Gasteiger partial charge in [-0.2, -0.15) is 0 Å². The highest BCUT2D eigenvalue weighted by molar-refractivity contribution is 5.21. The Morgan fingerprint density at radius 3 is 2.81 bits per heavy atom. The molecule has 94 valence electrons. The molecule has 3 nitrogen and oxygen atoms in total. The van der Waals surface area contributed by atoms with Crippen LogP contribution >= 0.6 is 0 Å². The molecule has 0 bridgehead atoms. The standard InChI is InChI=1S/C13H26N2O/c1-5-9(2)15-8-13(14)10-6-7-16-11(10)12(13,3)4/h9-11,15H,5-8,14H2,1-4H3. The summed E-state index contributed by atoms with van der Waals surface area (Å²) >= 11 is 0. The number of fused-ring (bicyclic) bond motifs is 1. The molecule has 0 radical (unpaired) electrons. The molecule has 3 N–H and O–H groups in total. The Morgan fingerprint density at radius 1 is 1.50 bits per heavy atom. The van der Waals surface area contributed by atoms with Gasteiger partial charge in [-0.3, -0.25) is 0 Å². The van der Waals surface area contributed by atoms with Crippen molar-refractivity contribution >= 4 is 0 Å². The number of ether oxygens (including phenoxy) is 1. The maximum atomic E-state index is 6.63. The summed E-state index contributed by atoms with van der Waals surface area (Å²) in [4.78, 5) is 0. The van der Waals surface area contributed by atoms with Gasteiger partial charge in [-0.15, -0.1) is 0 Å². The zero-order valence-electron chi connectivity index (χ0n) is 11.0. The maximum Gasteiger partial charge on any atom is 0.0691 e. The third-order valence-corrected chi connectivity index (χ3v) is 5.02. The number of hydrogen-bond donors (Lipinski definition) is 2. The molecular formula is C13H26N2O. The lowest BCUT2D eigenvalue weighted by Crippen LogP contribution is -2.78. The first kappa shape index (κ1) is 12.3. The minimum Gasteiger partial charge on any atom is -0.377 e. The Hall–Kier alpha value is -0.120. The summed E-state index contributed by atoms with van der Waals surface area (Å²) in [5, 5.41) is 3.56. The van der Waals surface area contributed by atoms with E-state index in [2.05, 4.69) is 33.0 Å². The number of nitrogens with two attached hydrogens (primary N) is 1. The first-order valence-corrected chi connectivity index (χ1v) is 6.57. The van der Waals surface area contributed by atoms with Gasteiger partial charge in [-0.05, 0) is 19.8 Å². The fourth-order valence-electron chi connectivity index (χ4n) is 3.32. The van der Waals surface area contributed by atoms with Crippen molar-refractivity contribution < 1.29 is 4.74 Å². The Bertz CT molecular complexity index is 267. The molecule has 2 rings (SSSR count). The SMILES string of the molecule is CCC(C)NCC1(N)C2CCOC2C1(C)C. The first-order valence-electron chi connectivity index (χ1n) is 6.57. The molecule has 0 amide bonds. The summed E-state index contributed by atoms with van der Waals surface area (Å²) in [5.41, 5.74) is 6.65. The van der Waals surface area contributed by atoms with Crippen LogP contribution in [0.3, 0.4) is 0 Å². The molecule has 4 unspecified atom stereocenters. The second-order valence-electron chi connectivity index (χ2n) is 6.14. The van der Waals surface area contributed by atoms with Crippen molar-refractivity contribution in [3.05, 3.63) is 0 Å². The minimum atomic E-state index is -0.0857. The molecule has 1 heterocycles. The molecule has 0 aromatic rings. The van der Waals surface area contributed by atoms with Crippen molar-refractivity contribution in [3.63, 3.8) is 0 Å². The van der Waals surface area contributed by atoms with E-state index < -0.39 is 0 Å². The molecular weight excluding hydrogens is 200 g/mol. The highest BCUT2D eigenvalue weighted by atomic mass is 16.5. The highest BCUT2D eigenvalue weighted by Crippen LogP contribution is 2.57. The smallest absolute Gasteiger partial charge is 0.0691 e. The van der Waals surface area contributed by atoms with Gasteiger partial charge >= 0.3 is 0 Å². The van der Waals surface area contributed by atoms with Crippen molar-refractivity contribution in [2.75, 3.05) is 13.2 Å². The van der Waals surface area contributed by atoms with Crippen molar-refractivity contribution in [2.24, 2.45) is 17.1 Å². The number of rotatable bonds is 4. The van der Waals surface area contributed by atoms with Crippen LogP contribution in [-0.2, 0) is 4.74 Å². The number of nitrogens with one attached hydrogen (secondary N) is 1. The minimum absolute atomic E-state index is 0.0857. The van der Waals surface area contributed by atoms with Crippen molar-refractivity contribution in [3.8, 4) is 0 Å². The predicted octanol–water partition coefficient (Wildman–Crippen LogP) is 1.52. The van der Waals surface area contributed by atoms with Crippen molar-refractivity contribution in [2.45, 2.75) is 58.2 Å². The maximum absolute atomic E-state index is 6.63. The van der Waals surface area contributed by atoms with Crippen LogP contribution in [0, 0.1) is 11.3 Å². The average molecular weight is 226 g/mol. The summed E-state index contributed by atoms with van der Waals surface area (Å²) in [7, 11) is 0. The second-order valence-corrected chi connectivity index (χ2v) is 6.14. The van der Waals surface area contributed by atoms with Crippen molar-refractivity contribution in [1.82, 2.24) is 5.32 Å². The largest absolute Gasteiger partial charge is 0.377 e. The third kappa shape index (κ3) is 1.52. The summed E-state index contributed by atoms with van der Waals surface area (Å²) < 4.78 is 5.79. The van der Waals surface area contributed by atoms with Gasteiger partial charge in [0.25, 0.3) is 0 Å². The summed E-state index contributed by atoms with van der Waals surface area (Å²) in [5.74, 6) is 0.555. The van der Waals surface area contributed by atoms with Crippen LogP contribution in [0.5, 0.6) is 0 Å². The Balaban J connectivity index is 2.01. The molecule has 4 atom stereocenters. The van der Waals surface area contributed by atoms with E-state index in [9.17, 15) is 0 Å². The van der Waals surface area contributed by atoms with Crippen LogP contribution in [-0.4, -0.2) is 30.8 Å². The molecule has 0 aromatic carbocycles. The summed E-state index contributed by atoms with van der Waals surface area (Å²) in [6, 6.07) is 0.553. The van der Waals surface area contributed by atoms with Gasteiger partial charge in [0.1, 0.15) is 0 Å². The molecule has 1 saturated heterocycles. The predicted molar refractivity (Wildman–Crippen MR) is 66.3 cm³/mol. The van der Waals surface area contributed by atoms with Gasteiger partial charge in [0.15, 0.2) is 0 Å². The van der Waals surface area contributed by atoms with Crippen LogP contribution in [0.1, 0.15) is 40.5 Å². The molecule has 1 saturated carbocycles. The Kier molecular flexibility index (Phi) is 3.06. The van der Waals surface area contributed by atoms with Crippen LogP contribution in [0.25, 0.3) is 0 Å². The van der Waals surface area contributed by atoms with E-state index in [1.807, 2.05) is 0 Å². The van der Waals surface area contributed by atoms with Gasteiger partial charge in [-0.1, -0.05) is 20.8 Å². The molecule has 1 aliphatic carbocycles. The van der Waals surface area contributed by atoms with Gasteiger partial charge in [0, 0.05) is 36.1 Å². The molecule has 0 aromatic heterocycles. The zero-order valence-corrected chi connectivity index (χ0v) is 11.0. The van der Waals surface area contributed by atoms with E-state index in [-0.39, 0.29) is 11.0 Å². The molecule has 2 fully saturated rings. The Morgan fingerprint density at radius 2 is 2.19 bits per heavy atom. The second kappa shape index (κ2) is 3.97. The van der Waals surface area contributed by atoms with Crippen LogP contribution in [0.2, 0.25) is 0 Å². The Labute approximate surface area is 99.1 Å². The topological polar surface area (TPSA) is 47.3 Å². The van der Waals surface area contributed by atoms with Gasteiger partial charge in [-0.25, -0.2) is 0 Å². The van der Waals surface area contributed by atoms with Crippen LogP contribution < -0.4 is 11.1 Å². The van der Waals surface area contributed by atoms with Crippen LogP contribution in [0.15, 0.2) is 0 Å². The zero-order chi connectivity index (χ0) is 12.0. The van der Waals surface area contributed by atoms with Gasteiger partial charge < -0.3 is 15.8 Å². The van der Waals surface area contributed by atoms with E-state index in [0.29, 0.717) is 18.1 Å². The van der Waals surface area contributed by atoms with Gasteiger partial charge in [0.05, 0.1) is 6.10 Å². The van der Waals surface area contributed by atoms with E-state index in [1.165, 1.54) is 0 Å². The molecule has 1 aliphatic heterocycles. The van der Waals surface area contributed by atoms with Crippen molar-refractivity contribution in [1.29, 1.82) is 0 Å². The quantitative estimate of drug-likeness (QED) is 0.764. The fraction of sp³-hybridized carbons (Fsp3) is 1.00. The number of hydrogen-bond acceptors (Lipinski definition) is 3. The first-order chi connectivity index (χ1) is 7.43. The highest BCUT2D eigenvalue weighted by Gasteiger charge is 2.67. The fourth-order valence-corrected chi connectivity index (χ4v) is 3.32. The van der Waals surface area contributed by atoms with E-state index in [1.54, 1.807) is 0 Å². The van der Waals surface area contributed by atoms with Crippen LogP contribution in [0.4, 0.5) is 0 Å². The average Bonchev–Trinajstić information content (AvgIpc) is 2.73. The lowest BCUT2D eigenvalue weighted by molar-refractivity contribution is -0.154. The lowest BCUT2D eigenvalue weighted by atomic mass is 9.48. The normalized spacial score (nSPS) is 42.6. The summed E-state index contributed by atoms with van der Waals surface area (Å²) in [6.45, 7) is 10.7. The molecule has 16 heavy (non-hydrogen) atoms. The third-order valence-electron chi connectivity index (χ3n) is 5.02. The monoisotopic (exact) mass is 226 g/mol. The molecule has 3 heteroatoms.